The SMILES string of the molecule is CC(C)(C)OC(=O)N(Cc1cnc(CF)c(OCc2cccc(C#N)c2)c1CF)c1ccc(C#N)cc1.CC(C)(C)OC(=O)N(Cc1cnc(CO)c(OCc2cccc(C#N)c2)c1CO)c1ccc(C#N)cc1. The van der Waals surface area contributed by atoms with Crippen molar-refractivity contribution >= 4 is 23.6 Å². The van der Waals surface area contributed by atoms with Gasteiger partial charge in [0.25, 0.3) is 0 Å². The van der Waals surface area contributed by atoms with Crippen molar-refractivity contribution in [2.75, 3.05) is 9.80 Å². The first-order valence-electron chi connectivity index (χ1n) is 23.0. The maximum absolute atomic E-state index is 14.4. The number of halogens is 2. The van der Waals surface area contributed by atoms with E-state index in [0.717, 1.165) is 5.56 Å². The van der Waals surface area contributed by atoms with Crippen LogP contribution in [0.1, 0.15) is 109 Å². The van der Waals surface area contributed by atoms with Crippen LogP contribution >= 0.6 is 0 Å². The minimum atomic E-state index is -0.992. The van der Waals surface area contributed by atoms with Crippen LogP contribution in [0.4, 0.5) is 29.7 Å². The Balaban J connectivity index is 0.000000274. The molecule has 16 nitrogen and oxygen atoms in total. The number of aromatic nitrogens is 2. The predicted octanol–water partition coefficient (Wildman–Crippen LogP) is 10.6. The highest BCUT2D eigenvalue weighted by Crippen LogP contribution is 2.33. The van der Waals surface area contributed by atoms with Gasteiger partial charge in [0.15, 0.2) is 0 Å². The topological polar surface area (TPSA) is 239 Å². The van der Waals surface area contributed by atoms with Gasteiger partial charge >= 0.3 is 12.2 Å². The molecule has 0 radical (unpaired) electrons. The van der Waals surface area contributed by atoms with Crippen LogP contribution in [-0.4, -0.2) is 43.6 Å². The molecule has 74 heavy (non-hydrogen) atoms. The monoisotopic (exact) mass is 1000 g/mol. The summed E-state index contributed by atoms with van der Waals surface area (Å²) in [5.74, 6) is 0.155. The van der Waals surface area contributed by atoms with Gasteiger partial charge in [0, 0.05) is 34.9 Å². The maximum atomic E-state index is 14.4. The average Bonchev–Trinajstić information content (AvgIpc) is 3.39. The number of carbonyl (C=O) groups is 2. The quantitative estimate of drug-likeness (QED) is 0.0917. The first kappa shape index (κ1) is 56.0. The number of amides is 2. The van der Waals surface area contributed by atoms with E-state index in [1.807, 2.05) is 18.2 Å². The van der Waals surface area contributed by atoms with Crippen LogP contribution in [0.15, 0.2) is 109 Å². The molecule has 0 aliphatic rings. The van der Waals surface area contributed by atoms with Crippen LogP contribution in [0.2, 0.25) is 0 Å². The predicted molar refractivity (Wildman–Crippen MR) is 268 cm³/mol. The molecular formula is C56H54F2N8O8. The lowest BCUT2D eigenvalue weighted by atomic mass is 10.1. The molecule has 0 aliphatic carbocycles. The van der Waals surface area contributed by atoms with Crippen molar-refractivity contribution in [2.45, 2.75) is 106 Å². The van der Waals surface area contributed by atoms with Crippen molar-refractivity contribution in [2.24, 2.45) is 0 Å². The second kappa shape index (κ2) is 26.0. The van der Waals surface area contributed by atoms with Crippen molar-refractivity contribution in [1.82, 2.24) is 9.97 Å². The number of pyridine rings is 2. The highest BCUT2D eigenvalue weighted by molar-refractivity contribution is 5.89. The van der Waals surface area contributed by atoms with Crippen LogP contribution < -0.4 is 19.3 Å². The third-order valence-electron chi connectivity index (χ3n) is 10.5. The first-order valence-corrected chi connectivity index (χ1v) is 23.0. The number of ether oxygens (including phenoxy) is 4. The Kier molecular flexibility index (Phi) is 19.6. The first-order chi connectivity index (χ1) is 35.4. The molecule has 0 bridgehead atoms. The summed E-state index contributed by atoms with van der Waals surface area (Å²) in [7, 11) is 0. The molecule has 18 heteroatoms. The Morgan fingerprint density at radius 3 is 1.32 bits per heavy atom. The Morgan fingerprint density at radius 1 is 0.554 bits per heavy atom. The number of nitrogens with zero attached hydrogens (tertiary/aromatic N) is 8. The van der Waals surface area contributed by atoms with E-state index in [-0.39, 0.29) is 54.8 Å². The fraction of sp³-hybridized carbons (Fsp3) is 0.286. The summed E-state index contributed by atoms with van der Waals surface area (Å²) in [6.07, 6.45) is 1.48. The van der Waals surface area contributed by atoms with Crippen LogP contribution in [0.5, 0.6) is 11.5 Å². The second-order valence-electron chi connectivity index (χ2n) is 18.3. The van der Waals surface area contributed by atoms with Crippen molar-refractivity contribution in [3.05, 3.63) is 176 Å². The molecule has 0 unspecified atom stereocenters. The number of benzene rings is 4. The minimum Gasteiger partial charge on any atom is -0.487 e. The lowest BCUT2D eigenvalue weighted by molar-refractivity contribution is 0.0566. The van der Waals surface area contributed by atoms with E-state index in [4.69, 9.17) is 40.0 Å². The van der Waals surface area contributed by atoms with Gasteiger partial charge in [-0.2, -0.15) is 21.0 Å². The van der Waals surface area contributed by atoms with Crippen LogP contribution in [0.3, 0.4) is 0 Å². The van der Waals surface area contributed by atoms with E-state index in [1.54, 1.807) is 139 Å². The fourth-order valence-electron chi connectivity index (χ4n) is 7.07. The number of anilines is 2. The maximum Gasteiger partial charge on any atom is 0.415 e. The van der Waals surface area contributed by atoms with Gasteiger partial charge in [-0.05, 0) is 137 Å². The Bertz CT molecular complexity index is 2890. The van der Waals surface area contributed by atoms with Crippen LogP contribution in [0, 0.1) is 45.3 Å². The number of aliphatic hydroxyl groups excluding tert-OH is 2. The van der Waals surface area contributed by atoms with Gasteiger partial charge in [-0.25, -0.2) is 18.4 Å². The number of nitriles is 4. The number of hydrogen-bond acceptors (Lipinski definition) is 14. The largest absolute Gasteiger partial charge is 0.487 e. The van der Waals surface area contributed by atoms with Gasteiger partial charge in [0.2, 0.25) is 0 Å². The number of rotatable bonds is 16. The Labute approximate surface area is 428 Å². The van der Waals surface area contributed by atoms with Gasteiger partial charge in [0.05, 0.1) is 72.8 Å². The third-order valence-corrected chi connectivity index (χ3v) is 10.5. The lowest BCUT2D eigenvalue weighted by Gasteiger charge is -2.28. The molecule has 2 heterocycles. The van der Waals surface area contributed by atoms with E-state index in [0.29, 0.717) is 55.9 Å². The van der Waals surface area contributed by atoms with Crippen LogP contribution in [-0.2, 0) is 62.3 Å². The van der Waals surface area contributed by atoms with Gasteiger partial charge < -0.3 is 29.2 Å². The van der Waals surface area contributed by atoms with E-state index >= 15 is 0 Å². The zero-order valence-corrected chi connectivity index (χ0v) is 41.7. The summed E-state index contributed by atoms with van der Waals surface area (Å²) in [5.41, 5.74) is 3.83. The van der Waals surface area contributed by atoms with E-state index in [2.05, 4.69) is 16.0 Å². The van der Waals surface area contributed by atoms with E-state index in [9.17, 15) is 28.6 Å². The van der Waals surface area contributed by atoms with Crippen molar-refractivity contribution in [1.29, 1.82) is 21.0 Å². The summed E-state index contributed by atoms with van der Waals surface area (Å²) < 4.78 is 51.1. The van der Waals surface area contributed by atoms with Crippen molar-refractivity contribution < 1.29 is 47.5 Å². The summed E-state index contributed by atoms with van der Waals surface area (Å²) in [6.45, 7) is 7.48. The number of carbonyl (C=O) groups excluding carboxylic acids is 2. The van der Waals surface area contributed by atoms with Gasteiger partial charge in [-0.15, -0.1) is 0 Å². The molecule has 380 valence electrons. The molecule has 0 saturated carbocycles. The van der Waals surface area contributed by atoms with Crippen LogP contribution in [0.25, 0.3) is 0 Å². The zero-order valence-electron chi connectivity index (χ0n) is 41.7. The minimum absolute atomic E-state index is 0.0182. The van der Waals surface area contributed by atoms with E-state index < -0.39 is 50.0 Å². The highest BCUT2D eigenvalue weighted by Gasteiger charge is 2.28. The lowest BCUT2D eigenvalue weighted by Crippen LogP contribution is -2.36. The molecule has 2 amide bonds. The molecule has 4 aromatic carbocycles. The van der Waals surface area contributed by atoms with Crippen molar-refractivity contribution in [3.8, 4) is 35.8 Å². The summed E-state index contributed by atoms with van der Waals surface area (Å²) in [4.78, 5) is 37.3. The molecule has 6 aromatic rings. The van der Waals surface area contributed by atoms with Gasteiger partial charge in [-0.3, -0.25) is 19.8 Å². The van der Waals surface area contributed by atoms with Crippen molar-refractivity contribution in [3.63, 3.8) is 0 Å². The van der Waals surface area contributed by atoms with Gasteiger partial charge in [0.1, 0.15) is 60.7 Å². The highest BCUT2D eigenvalue weighted by atomic mass is 19.1. The molecule has 0 saturated heterocycles. The Morgan fingerprint density at radius 2 is 0.959 bits per heavy atom. The molecule has 0 fully saturated rings. The molecule has 0 aliphatic heterocycles. The summed E-state index contributed by atoms with van der Waals surface area (Å²) in [6, 6.07) is 34.5. The van der Waals surface area contributed by atoms with Gasteiger partial charge in [-0.1, -0.05) is 24.3 Å². The molecule has 6 rings (SSSR count). The number of aliphatic hydroxyl groups is 2. The van der Waals surface area contributed by atoms with E-state index in [1.165, 1.54) is 22.2 Å². The third kappa shape index (κ3) is 15.5. The normalized spacial score (nSPS) is 10.8. The standard InChI is InChI=1S/C28H26F2N4O3.C28H28N4O5/c1-28(2,3)37-27(35)34(23-9-7-19(14-31)8-10-23)17-22-16-33-25(13-30)26(24(22)12-29)36-18-21-6-4-5-20(11-21)15-32;1-28(2,3)37-27(35)32(23-9-7-19(12-29)8-10-23)15-22-14-31-25(17-34)26(24(22)16-33)36-18-21-6-4-5-20(11-21)13-30/h4-11,16H,12-13,17-18H2,1-3H3;4-11,14,33-34H,15-18H2,1-3H3. The summed E-state index contributed by atoms with van der Waals surface area (Å²) >= 11 is 0. The zero-order chi connectivity index (χ0) is 54.0. The molecule has 2 aromatic heterocycles. The molecule has 2 N–H and O–H groups in total. The fourth-order valence-corrected chi connectivity index (χ4v) is 7.07. The smallest absolute Gasteiger partial charge is 0.415 e. The molecular weight excluding hydrogens is 951 g/mol. The Hall–Kier alpha value is -8.94. The number of hydrogen-bond donors (Lipinski definition) is 2. The number of alkyl halides is 2. The second-order valence-corrected chi connectivity index (χ2v) is 18.3. The molecule has 0 spiro atoms. The average molecular weight is 1010 g/mol. The molecule has 0 atom stereocenters. The summed E-state index contributed by atoms with van der Waals surface area (Å²) in [5, 5.41) is 56.6.